The summed E-state index contributed by atoms with van der Waals surface area (Å²) in [4.78, 5) is 4.64. The van der Waals surface area contributed by atoms with Crippen molar-refractivity contribution in [1.29, 1.82) is 0 Å². The van der Waals surface area contributed by atoms with Crippen LogP contribution >= 0.6 is 0 Å². The van der Waals surface area contributed by atoms with E-state index in [1.807, 2.05) is 12.3 Å². The zero-order chi connectivity index (χ0) is 14.8. The fourth-order valence-corrected chi connectivity index (χ4v) is 3.37. The van der Waals surface area contributed by atoms with Gasteiger partial charge in [0.15, 0.2) is 0 Å². The number of pyridine rings is 1. The van der Waals surface area contributed by atoms with E-state index in [2.05, 4.69) is 48.5 Å². The van der Waals surface area contributed by atoms with Crippen LogP contribution in [0.2, 0.25) is 0 Å². The average Bonchev–Trinajstić information content (AvgIpc) is 2.52. The zero-order valence-corrected chi connectivity index (χ0v) is 12.8. The Balaban J connectivity index is 1.99. The first kappa shape index (κ1) is 14.2. The van der Waals surface area contributed by atoms with Crippen LogP contribution in [0.4, 0.5) is 0 Å². The summed E-state index contributed by atoms with van der Waals surface area (Å²) in [5.41, 5.74) is 9.50. The molecular weight excluding hydrogens is 258 g/mol. The number of aryl methyl sites for hydroxylation is 3. The molecular formula is C18H23N3. The second-order valence-corrected chi connectivity index (χ2v) is 6.03. The number of nitrogens with one attached hydrogen (secondary N) is 1. The standard InChI is InChI=1S/C18H23N3/c1-12-8-9-15(11-13(12)2)18(21-19)16-7-3-5-14-6-4-10-20-17(14)16/h4,6,8-11,16,18,21H,3,5,7,19H2,1-2H3. The third-order valence-corrected chi connectivity index (χ3v) is 4.71. The third-order valence-electron chi connectivity index (χ3n) is 4.71. The van der Waals surface area contributed by atoms with E-state index in [0.717, 1.165) is 12.8 Å². The third kappa shape index (κ3) is 2.71. The Hall–Kier alpha value is -1.71. The van der Waals surface area contributed by atoms with Crippen molar-refractivity contribution in [3.63, 3.8) is 0 Å². The predicted molar refractivity (Wildman–Crippen MR) is 85.9 cm³/mol. The number of nitrogens with two attached hydrogens (primary N) is 1. The van der Waals surface area contributed by atoms with Gasteiger partial charge in [0.25, 0.3) is 0 Å². The van der Waals surface area contributed by atoms with E-state index in [4.69, 9.17) is 5.84 Å². The van der Waals surface area contributed by atoms with Crippen LogP contribution in [0.25, 0.3) is 0 Å². The molecule has 0 aliphatic heterocycles. The van der Waals surface area contributed by atoms with Crippen LogP contribution in [0, 0.1) is 13.8 Å². The van der Waals surface area contributed by atoms with Crippen molar-refractivity contribution in [3.05, 3.63) is 64.5 Å². The zero-order valence-electron chi connectivity index (χ0n) is 12.8. The highest BCUT2D eigenvalue weighted by Gasteiger charge is 2.29. The molecule has 0 radical (unpaired) electrons. The van der Waals surface area contributed by atoms with Crippen LogP contribution in [0.3, 0.4) is 0 Å². The molecule has 1 aromatic carbocycles. The van der Waals surface area contributed by atoms with Crippen molar-refractivity contribution in [3.8, 4) is 0 Å². The van der Waals surface area contributed by atoms with Crippen molar-refractivity contribution >= 4 is 0 Å². The molecule has 0 fully saturated rings. The molecule has 110 valence electrons. The molecule has 0 saturated heterocycles. The van der Waals surface area contributed by atoms with Crippen molar-refractivity contribution < 1.29 is 0 Å². The lowest BCUT2D eigenvalue weighted by Gasteiger charge is -2.31. The lowest BCUT2D eigenvalue weighted by molar-refractivity contribution is 0.399. The Morgan fingerprint density at radius 2 is 2.10 bits per heavy atom. The molecule has 1 aliphatic carbocycles. The fourth-order valence-electron chi connectivity index (χ4n) is 3.37. The Bertz CT molecular complexity index is 636. The Labute approximate surface area is 126 Å². The van der Waals surface area contributed by atoms with Gasteiger partial charge in [-0.05, 0) is 61.4 Å². The molecule has 2 atom stereocenters. The number of benzene rings is 1. The van der Waals surface area contributed by atoms with Gasteiger partial charge >= 0.3 is 0 Å². The second kappa shape index (κ2) is 5.96. The summed E-state index contributed by atoms with van der Waals surface area (Å²) < 4.78 is 0. The van der Waals surface area contributed by atoms with Crippen LogP contribution in [0.1, 0.15) is 52.7 Å². The van der Waals surface area contributed by atoms with E-state index in [1.165, 1.54) is 34.4 Å². The van der Waals surface area contributed by atoms with E-state index in [1.54, 1.807) is 0 Å². The van der Waals surface area contributed by atoms with Gasteiger partial charge in [0.05, 0.1) is 6.04 Å². The molecule has 0 spiro atoms. The largest absolute Gasteiger partial charge is 0.271 e. The van der Waals surface area contributed by atoms with Crippen LogP contribution < -0.4 is 11.3 Å². The maximum atomic E-state index is 5.90. The number of hydrogen-bond donors (Lipinski definition) is 2. The van der Waals surface area contributed by atoms with Gasteiger partial charge in [0, 0.05) is 17.8 Å². The molecule has 1 heterocycles. The minimum atomic E-state index is 0.123. The Kier molecular flexibility index (Phi) is 4.04. The molecule has 1 aliphatic rings. The summed E-state index contributed by atoms with van der Waals surface area (Å²) in [6.07, 6.45) is 5.35. The van der Waals surface area contributed by atoms with Gasteiger partial charge in [0.2, 0.25) is 0 Å². The van der Waals surface area contributed by atoms with E-state index >= 15 is 0 Å². The fraction of sp³-hybridized carbons (Fsp3) is 0.389. The Morgan fingerprint density at radius 1 is 1.24 bits per heavy atom. The van der Waals surface area contributed by atoms with Crippen molar-refractivity contribution in [2.75, 3.05) is 0 Å². The molecule has 0 amide bonds. The van der Waals surface area contributed by atoms with Crippen molar-refractivity contribution in [2.24, 2.45) is 5.84 Å². The molecule has 3 rings (SSSR count). The summed E-state index contributed by atoms with van der Waals surface area (Å²) in [5.74, 6) is 6.25. The van der Waals surface area contributed by atoms with Gasteiger partial charge in [-0.25, -0.2) is 0 Å². The van der Waals surface area contributed by atoms with Gasteiger partial charge in [-0.15, -0.1) is 0 Å². The first-order valence-corrected chi connectivity index (χ1v) is 7.68. The molecule has 0 saturated carbocycles. The van der Waals surface area contributed by atoms with Gasteiger partial charge in [-0.1, -0.05) is 24.3 Å². The van der Waals surface area contributed by atoms with Gasteiger partial charge in [-0.3, -0.25) is 16.3 Å². The molecule has 0 bridgehead atoms. The van der Waals surface area contributed by atoms with Crippen LogP contribution in [0.15, 0.2) is 36.5 Å². The van der Waals surface area contributed by atoms with Crippen LogP contribution in [0.5, 0.6) is 0 Å². The topological polar surface area (TPSA) is 50.9 Å². The normalized spacial score (nSPS) is 19.1. The van der Waals surface area contributed by atoms with Gasteiger partial charge in [0.1, 0.15) is 0 Å². The summed E-state index contributed by atoms with van der Waals surface area (Å²) in [7, 11) is 0. The van der Waals surface area contributed by atoms with Crippen LogP contribution in [-0.2, 0) is 6.42 Å². The summed E-state index contributed by atoms with van der Waals surface area (Å²) in [5, 5.41) is 0. The van der Waals surface area contributed by atoms with Gasteiger partial charge < -0.3 is 0 Å². The molecule has 3 heteroatoms. The summed E-state index contributed by atoms with van der Waals surface area (Å²) in [6.45, 7) is 4.29. The number of fused-ring (bicyclic) bond motifs is 1. The Morgan fingerprint density at radius 3 is 2.86 bits per heavy atom. The smallest absolute Gasteiger partial charge is 0.0543 e. The average molecular weight is 281 g/mol. The summed E-state index contributed by atoms with van der Waals surface area (Å²) in [6, 6.07) is 11.0. The van der Waals surface area contributed by atoms with E-state index in [9.17, 15) is 0 Å². The maximum Gasteiger partial charge on any atom is 0.0543 e. The van der Waals surface area contributed by atoms with E-state index in [0.29, 0.717) is 5.92 Å². The highest BCUT2D eigenvalue weighted by Crippen LogP contribution is 2.39. The molecule has 2 aromatic rings. The molecule has 3 N–H and O–H groups in total. The van der Waals surface area contributed by atoms with E-state index < -0.39 is 0 Å². The highest BCUT2D eigenvalue weighted by molar-refractivity contribution is 5.35. The maximum absolute atomic E-state index is 5.90. The van der Waals surface area contributed by atoms with Crippen LogP contribution in [-0.4, -0.2) is 4.98 Å². The first-order chi connectivity index (χ1) is 10.2. The minimum absolute atomic E-state index is 0.123. The number of rotatable bonds is 3. The van der Waals surface area contributed by atoms with Crippen molar-refractivity contribution in [1.82, 2.24) is 10.4 Å². The number of hydrazine groups is 1. The lowest BCUT2D eigenvalue weighted by Crippen LogP contribution is -2.34. The first-order valence-electron chi connectivity index (χ1n) is 7.68. The highest BCUT2D eigenvalue weighted by atomic mass is 15.2. The molecule has 3 nitrogen and oxygen atoms in total. The minimum Gasteiger partial charge on any atom is -0.271 e. The SMILES string of the molecule is Cc1ccc(C(NN)C2CCCc3cccnc32)cc1C. The summed E-state index contributed by atoms with van der Waals surface area (Å²) >= 11 is 0. The number of nitrogens with zero attached hydrogens (tertiary/aromatic N) is 1. The molecule has 21 heavy (non-hydrogen) atoms. The number of aromatic nitrogens is 1. The predicted octanol–water partition coefficient (Wildman–Crippen LogP) is 3.32. The lowest BCUT2D eigenvalue weighted by atomic mass is 9.79. The quantitative estimate of drug-likeness (QED) is 0.670. The second-order valence-electron chi connectivity index (χ2n) is 6.03. The van der Waals surface area contributed by atoms with E-state index in [-0.39, 0.29) is 6.04 Å². The molecule has 1 aromatic heterocycles. The molecule has 2 unspecified atom stereocenters. The van der Waals surface area contributed by atoms with Crippen molar-refractivity contribution in [2.45, 2.75) is 45.1 Å². The monoisotopic (exact) mass is 281 g/mol. The van der Waals surface area contributed by atoms with Gasteiger partial charge in [-0.2, -0.15) is 0 Å². The number of hydrogen-bond acceptors (Lipinski definition) is 3.